The first-order valence-electron chi connectivity index (χ1n) is 12.7. The molecule has 0 bridgehead atoms. The van der Waals surface area contributed by atoms with Gasteiger partial charge in [-0.25, -0.2) is 4.39 Å². The molecule has 3 aliphatic heterocycles. The van der Waals surface area contributed by atoms with Crippen LogP contribution in [-0.4, -0.2) is 72.6 Å². The molecule has 2 atom stereocenters. The highest BCUT2D eigenvalue weighted by atomic mass is 19.1. The van der Waals surface area contributed by atoms with Gasteiger partial charge in [0.2, 0.25) is 5.91 Å². The molecule has 3 heterocycles. The number of hydrogen-bond acceptors (Lipinski definition) is 6. The Bertz CT molecular complexity index is 1160. The van der Waals surface area contributed by atoms with E-state index in [-0.39, 0.29) is 23.5 Å². The van der Waals surface area contributed by atoms with E-state index >= 15 is 0 Å². The minimum absolute atomic E-state index is 0.0773. The number of hydrogen-bond donors (Lipinski definition) is 0. The van der Waals surface area contributed by atoms with Crippen molar-refractivity contribution in [3.05, 3.63) is 59.9 Å². The molecule has 0 N–H and O–H groups in total. The van der Waals surface area contributed by atoms with Crippen LogP contribution in [0.2, 0.25) is 0 Å². The first kappa shape index (κ1) is 24.4. The normalized spacial score (nSPS) is 23.5. The highest BCUT2D eigenvalue weighted by Crippen LogP contribution is 2.48. The lowest BCUT2D eigenvalue weighted by atomic mass is 9.67. The molecule has 8 heteroatoms. The van der Waals surface area contributed by atoms with Crippen LogP contribution in [0, 0.1) is 5.82 Å². The van der Waals surface area contributed by atoms with Gasteiger partial charge in [0.15, 0.2) is 5.78 Å². The number of fused-ring (bicyclic) bond motifs is 3. The van der Waals surface area contributed by atoms with Crippen LogP contribution in [0.25, 0.3) is 0 Å². The van der Waals surface area contributed by atoms with E-state index in [2.05, 4.69) is 17.0 Å². The minimum Gasteiger partial charge on any atom is -0.489 e. The largest absolute Gasteiger partial charge is 0.489 e. The number of ether oxygens (including phenoxy) is 1. The Labute approximate surface area is 211 Å². The lowest BCUT2D eigenvalue weighted by Gasteiger charge is -2.41. The number of halogens is 1. The van der Waals surface area contributed by atoms with Crippen molar-refractivity contribution >= 4 is 23.1 Å². The number of Topliss-reactive ketones (excluding diaryl/α,β-unsaturated/α-hetero) is 1. The van der Waals surface area contributed by atoms with Crippen molar-refractivity contribution in [1.29, 1.82) is 0 Å². The standard InChI is InChI=1S/C28H33FN4O3/c1-20(34)27-28(22-8-4-3-5-9-22,12-6-7-13-31-14-16-32(17-15-31)21(2)35)26-19-36-25-11-10-23(29)18-24(25)33(26)30-27/h3-5,8-11,18,26H,6-7,12-17,19H2,1-2H3/t26-,28+/m0/s1. The quantitative estimate of drug-likeness (QED) is 0.553. The Morgan fingerprint density at radius 1 is 1.06 bits per heavy atom. The molecular formula is C28H33FN4O3. The summed E-state index contributed by atoms with van der Waals surface area (Å²) in [7, 11) is 0. The monoisotopic (exact) mass is 492 g/mol. The number of piperazine rings is 1. The SMILES string of the molecule is CC(=O)C1=NN2c3cc(F)ccc3OC[C@H]2[C@@]1(CCCCN1CCN(C(C)=O)CC1)c1ccccc1. The molecule has 5 rings (SSSR count). The fourth-order valence-corrected chi connectivity index (χ4v) is 5.93. The van der Waals surface area contributed by atoms with Crippen molar-refractivity contribution < 1.29 is 18.7 Å². The molecule has 0 spiro atoms. The van der Waals surface area contributed by atoms with Gasteiger partial charge >= 0.3 is 0 Å². The maximum absolute atomic E-state index is 14.2. The number of carbonyl (C=O) groups excluding carboxylic acids is 2. The van der Waals surface area contributed by atoms with Crippen LogP contribution in [0.5, 0.6) is 5.75 Å². The fourth-order valence-electron chi connectivity index (χ4n) is 5.93. The van der Waals surface area contributed by atoms with Gasteiger partial charge < -0.3 is 9.64 Å². The van der Waals surface area contributed by atoms with Crippen LogP contribution < -0.4 is 9.75 Å². The van der Waals surface area contributed by atoms with Crippen LogP contribution in [0.3, 0.4) is 0 Å². The number of anilines is 1. The third-order valence-corrected chi connectivity index (χ3v) is 7.79. The third kappa shape index (κ3) is 4.39. The van der Waals surface area contributed by atoms with Gasteiger partial charge in [0.05, 0.1) is 5.41 Å². The Morgan fingerprint density at radius 3 is 2.50 bits per heavy atom. The molecule has 1 saturated heterocycles. The van der Waals surface area contributed by atoms with Gasteiger partial charge in [0, 0.05) is 46.1 Å². The molecule has 7 nitrogen and oxygen atoms in total. The number of carbonyl (C=O) groups is 2. The zero-order valence-corrected chi connectivity index (χ0v) is 21.0. The first-order chi connectivity index (χ1) is 17.4. The van der Waals surface area contributed by atoms with E-state index in [1.54, 1.807) is 19.9 Å². The summed E-state index contributed by atoms with van der Waals surface area (Å²) in [5.74, 6) is 0.275. The summed E-state index contributed by atoms with van der Waals surface area (Å²) >= 11 is 0. The molecule has 190 valence electrons. The van der Waals surface area contributed by atoms with Gasteiger partial charge in [-0.3, -0.25) is 19.5 Å². The van der Waals surface area contributed by atoms with E-state index in [0.29, 0.717) is 23.8 Å². The van der Waals surface area contributed by atoms with E-state index < -0.39 is 5.41 Å². The number of ketones is 1. The van der Waals surface area contributed by atoms with E-state index in [0.717, 1.165) is 57.5 Å². The molecule has 0 unspecified atom stereocenters. The van der Waals surface area contributed by atoms with E-state index in [9.17, 15) is 14.0 Å². The molecule has 2 aromatic rings. The van der Waals surface area contributed by atoms with Crippen molar-refractivity contribution in [1.82, 2.24) is 9.80 Å². The summed E-state index contributed by atoms with van der Waals surface area (Å²) in [6.45, 7) is 7.81. The Morgan fingerprint density at radius 2 is 1.81 bits per heavy atom. The minimum atomic E-state index is -0.648. The molecular weight excluding hydrogens is 459 g/mol. The Hall–Kier alpha value is -3.26. The van der Waals surface area contributed by atoms with Crippen molar-refractivity contribution in [2.75, 3.05) is 44.3 Å². The molecule has 0 saturated carbocycles. The maximum Gasteiger partial charge on any atom is 0.219 e. The van der Waals surface area contributed by atoms with Crippen molar-refractivity contribution in [2.24, 2.45) is 5.10 Å². The molecule has 36 heavy (non-hydrogen) atoms. The van der Waals surface area contributed by atoms with Crippen molar-refractivity contribution in [2.45, 2.75) is 44.6 Å². The zero-order chi connectivity index (χ0) is 25.3. The summed E-state index contributed by atoms with van der Waals surface area (Å²) in [5.41, 5.74) is 1.45. The second kappa shape index (κ2) is 10.0. The Balaban J connectivity index is 1.39. The second-order valence-corrected chi connectivity index (χ2v) is 9.93. The van der Waals surface area contributed by atoms with Crippen molar-refractivity contribution in [3.8, 4) is 5.75 Å². The van der Waals surface area contributed by atoms with E-state index in [1.807, 2.05) is 28.1 Å². The second-order valence-electron chi connectivity index (χ2n) is 9.93. The third-order valence-electron chi connectivity index (χ3n) is 7.79. The number of hydrazone groups is 1. The van der Waals surface area contributed by atoms with Crippen LogP contribution in [0.4, 0.5) is 10.1 Å². The lowest BCUT2D eigenvalue weighted by Crippen LogP contribution is -2.53. The highest BCUT2D eigenvalue weighted by Gasteiger charge is 2.55. The van der Waals surface area contributed by atoms with Crippen molar-refractivity contribution in [3.63, 3.8) is 0 Å². The van der Waals surface area contributed by atoms with E-state index in [4.69, 9.17) is 9.84 Å². The first-order valence-corrected chi connectivity index (χ1v) is 12.7. The van der Waals surface area contributed by atoms with E-state index in [1.165, 1.54) is 12.1 Å². The molecule has 3 aliphatic rings. The number of amides is 1. The zero-order valence-electron chi connectivity index (χ0n) is 21.0. The highest BCUT2D eigenvalue weighted by molar-refractivity contribution is 6.43. The summed E-state index contributed by atoms with van der Waals surface area (Å²) in [5, 5.41) is 6.63. The number of unbranched alkanes of at least 4 members (excludes halogenated alkanes) is 1. The van der Waals surface area contributed by atoms with Gasteiger partial charge in [0.25, 0.3) is 0 Å². The molecule has 0 radical (unpaired) electrons. The van der Waals surface area contributed by atoms with Crippen LogP contribution >= 0.6 is 0 Å². The predicted octanol–water partition coefficient (Wildman–Crippen LogP) is 3.62. The van der Waals surface area contributed by atoms with Gasteiger partial charge in [0.1, 0.15) is 35.6 Å². The molecule has 0 aromatic heterocycles. The van der Waals surface area contributed by atoms with Crippen LogP contribution in [0.1, 0.15) is 38.7 Å². The number of benzene rings is 2. The molecule has 1 fully saturated rings. The topological polar surface area (TPSA) is 65.5 Å². The van der Waals surface area contributed by atoms with Crippen LogP contribution in [0.15, 0.2) is 53.6 Å². The lowest BCUT2D eigenvalue weighted by molar-refractivity contribution is -0.130. The van der Waals surface area contributed by atoms with Gasteiger partial charge in [-0.1, -0.05) is 36.8 Å². The number of rotatable bonds is 7. The van der Waals surface area contributed by atoms with Crippen LogP contribution in [-0.2, 0) is 15.0 Å². The summed E-state index contributed by atoms with van der Waals surface area (Å²) < 4.78 is 20.3. The van der Waals surface area contributed by atoms with Gasteiger partial charge in [-0.15, -0.1) is 0 Å². The fraction of sp³-hybridized carbons (Fsp3) is 0.464. The number of nitrogens with zero attached hydrogens (tertiary/aromatic N) is 4. The summed E-state index contributed by atoms with van der Waals surface area (Å²) in [6, 6.07) is 14.3. The summed E-state index contributed by atoms with van der Waals surface area (Å²) in [4.78, 5) is 28.9. The maximum atomic E-state index is 14.2. The average molecular weight is 493 g/mol. The summed E-state index contributed by atoms with van der Waals surface area (Å²) in [6.07, 6.45) is 2.60. The average Bonchev–Trinajstić information content (AvgIpc) is 3.23. The van der Waals surface area contributed by atoms with Gasteiger partial charge in [-0.05, 0) is 37.1 Å². The smallest absolute Gasteiger partial charge is 0.219 e. The van der Waals surface area contributed by atoms with Gasteiger partial charge in [-0.2, -0.15) is 5.10 Å². The molecule has 0 aliphatic carbocycles. The Kier molecular flexibility index (Phi) is 6.79. The molecule has 1 amide bonds. The molecule has 2 aromatic carbocycles. The predicted molar refractivity (Wildman–Crippen MR) is 137 cm³/mol.